The third-order valence-electron chi connectivity index (χ3n) is 2.56. The number of aryl methyl sites for hydroxylation is 1. The Balaban J connectivity index is 2.46. The topological polar surface area (TPSA) is 85.1 Å². The van der Waals surface area contributed by atoms with E-state index in [4.69, 9.17) is 5.73 Å². The molecule has 0 aliphatic heterocycles. The highest BCUT2D eigenvalue weighted by Gasteiger charge is 2.22. The number of benzene rings is 1. The zero-order valence-corrected chi connectivity index (χ0v) is 16.3. The SMILES string of the molecule is Cc1cc(NS(=O)(=O)c2c(Br)cc(N)cc2Br)cnc1Br. The molecule has 0 fully saturated rings. The molecule has 21 heavy (non-hydrogen) atoms. The van der Waals surface area contributed by atoms with Crippen molar-refractivity contribution in [3.8, 4) is 0 Å². The van der Waals surface area contributed by atoms with Gasteiger partial charge in [-0.15, -0.1) is 0 Å². The number of aromatic nitrogens is 1. The minimum Gasteiger partial charge on any atom is -0.399 e. The number of hydrogen-bond donors (Lipinski definition) is 2. The Morgan fingerprint density at radius 2 is 1.71 bits per heavy atom. The standard InChI is InChI=1S/C12H10Br3N3O2S/c1-6-2-8(5-17-12(6)15)18-21(19,20)11-9(13)3-7(16)4-10(11)14/h2-5,18H,16H2,1H3. The maximum atomic E-state index is 12.5. The summed E-state index contributed by atoms with van der Waals surface area (Å²) in [4.78, 5) is 4.14. The van der Waals surface area contributed by atoms with Crippen LogP contribution in [0.4, 0.5) is 11.4 Å². The van der Waals surface area contributed by atoms with Gasteiger partial charge in [0.25, 0.3) is 10.0 Å². The number of hydrogen-bond acceptors (Lipinski definition) is 4. The van der Waals surface area contributed by atoms with Gasteiger partial charge in [-0.05, 0) is 78.5 Å². The summed E-state index contributed by atoms with van der Waals surface area (Å²) in [6, 6.07) is 4.75. The molecule has 2 rings (SSSR count). The molecule has 0 saturated heterocycles. The molecule has 112 valence electrons. The highest BCUT2D eigenvalue weighted by atomic mass is 79.9. The Labute approximate surface area is 147 Å². The Kier molecular flexibility index (Phi) is 4.96. The zero-order valence-electron chi connectivity index (χ0n) is 10.7. The lowest BCUT2D eigenvalue weighted by Crippen LogP contribution is -2.15. The fourth-order valence-electron chi connectivity index (χ4n) is 1.66. The number of nitrogens with two attached hydrogens (primary N) is 1. The van der Waals surface area contributed by atoms with Gasteiger partial charge in [0.05, 0.1) is 11.9 Å². The molecule has 1 heterocycles. The molecule has 0 spiro atoms. The first-order valence-electron chi connectivity index (χ1n) is 5.60. The van der Waals surface area contributed by atoms with Crippen molar-refractivity contribution in [2.45, 2.75) is 11.8 Å². The second kappa shape index (κ2) is 6.23. The van der Waals surface area contributed by atoms with E-state index in [0.29, 0.717) is 24.9 Å². The van der Waals surface area contributed by atoms with Crippen molar-refractivity contribution in [1.82, 2.24) is 4.98 Å². The van der Waals surface area contributed by atoms with Crippen LogP contribution in [-0.4, -0.2) is 13.4 Å². The van der Waals surface area contributed by atoms with Crippen LogP contribution in [-0.2, 0) is 10.0 Å². The molecule has 3 N–H and O–H groups in total. The predicted octanol–water partition coefficient (Wildman–Crippen LogP) is 4.06. The van der Waals surface area contributed by atoms with Gasteiger partial charge in [0.1, 0.15) is 9.50 Å². The van der Waals surface area contributed by atoms with Crippen molar-refractivity contribution < 1.29 is 8.42 Å². The van der Waals surface area contributed by atoms with Crippen LogP contribution in [0.25, 0.3) is 0 Å². The van der Waals surface area contributed by atoms with Crippen LogP contribution in [0, 0.1) is 6.92 Å². The molecule has 9 heteroatoms. The first kappa shape index (κ1) is 16.7. The normalized spacial score (nSPS) is 11.4. The van der Waals surface area contributed by atoms with Crippen molar-refractivity contribution in [3.05, 3.63) is 43.5 Å². The lowest BCUT2D eigenvalue weighted by atomic mass is 10.3. The highest BCUT2D eigenvalue weighted by molar-refractivity contribution is 9.11. The largest absolute Gasteiger partial charge is 0.399 e. The third-order valence-corrected chi connectivity index (χ3v) is 6.64. The van der Waals surface area contributed by atoms with Gasteiger partial charge in [0, 0.05) is 14.6 Å². The molecule has 0 aliphatic carbocycles. The molecular formula is C12H10Br3N3O2S. The summed E-state index contributed by atoms with van der Waals surface area (Å²) in [5, 5.41) is 0. The quantitative estimate of drug-likeness (QED) is 0.492. The number of sulfonamides is 1. The Bertz CT molecular complexity index is 786. The molecule has 1 aromatic heterocycles. The average Bonchev–Trinajstić information content (AvgIpc) is 2.31. The number of nitrogen functional groups attached to an aromatic ring is 1. The molecule has 0 atom stereocenters. The van der Waals surface area contributed by atoms with E-state index >= 15 is 0 Å². The lowest BCUT2D eigenvalue weighted by molar-refractivity contribution is 0.600. The van der Waals surface area contributed by atoms with E-state index in [9.17, 15) is 8.42 Å². The summed E-state index contributed by atoms with van der Waals surface area (Å²) in [6.45, 7) is 1.82. The number of nitrogens with zero attached hydrogens (tertiary/aromatic N) is 1. The van der Waals surface area contributed by atoms with Crippen LogP contribution in [0.15, 0.2) is 42.8 Å². The number of rotatable bonds is 3. The van der Waals surface area contributed by atoms with Crippen LogP contribution >= 0.6 is 47.8 Å². The molecule has 0 radical (unpaired) electrons. The summed E-state index contributed by atoms with van der Waals surface area (Å²) < 4.78 is 28.9. The number of halogens is 3. The zero-order chi connectivity index (χ0) is 15.8. The van der Waals surface area contributed by atoms with E-state index < -0.39 is 10.0 Å². The van der Waals surface area contributed by atoms with E-state index in [2.05, 4.69) is 57.5 Å². The van der Waals surface area contributed by atoms with E-state index in [1.807, 2.05) is 6.92 Å². The van der Waals surface area contributed by atoms with E-state index in [-0.39, 0.29) is 4.90 Å². The molecule has 0 aliphatic rings. The van der Waals surface area contributed by atoms with Crippen molar-refractivity contribution in [2.24, 2.45) is 0 Å². The van der Waals surface area contributed by atoms with Crippen molar-refractivity contribution >= 4 is 69.2 Å². The highest BCUT2D eigenvalue weighted by Crippen LogP contribution is 2.33. The maximum Gasteiger partial charge on any atom is 0.264 e. The predicted molar refractivity (Wildman–Crippen MR) is 93.7 cm³/mol. The molecule has 0 bridgehead atoms. The molecule has 2 aromatic rings. The summed E-state index contributed by atoms with van der Waals surface area (Å²) >= 11 is 9.71. The molecular weight excluding hydrogens is 490 g/mol. The van der Waals surface area contributed by atoms with Crippen LogP contribution in [0.1, 0.15) is 5.56 Å². The van der Waals surface area contributed by atoms with Gasteiger partial charge in [-0.2, -0.15) is 0 Å². The average molecular weight is 500 g/mol. The van der Waals surface area contributed by atoms with Crippen LogP contribution in [0.2, 0.25) is 0 Å². The van der Waals surface area contributed by atoms with E-state index in [0.717, 1.165) is 5.56 Å². The van der Waals surface area contributed by atoms with Gasteiger partial charge in [0.15, 0.2) is 0 Å². The second-order valence-electron chi connectivity index (χ2n) is 4.25. The van der Waals surface area contributed by atoms with Gasteiger partial charge in [0.2, 0.25) is 0 Å². The van der Waals surface area contributed by atoms with Gasteiger partial charge in [-0.25, -0.2) is 13.4 Å². The Hall–Kier alpha value is -0.640. The van der Waals surface area contributed by atoms with Gasteiger partial charge >= 0.3 is 0 Å². The fraction of sp³-hybridized carbons (Fsp3) is 0.0833. The van der Waals surface area contributed by atoms with E-state index in [1.54, 1.807) is 6.07 Å². The van der Waals surface area contributed by atoms with Crippen LogP contribution < -0.4 is 10.5 Å². The van der Waals surface area contributed by atoms with Crippen LogP contribution in [0.3, 0.4) is 0 Å². The second-order valence-corrected chi connectivity index (χ2v) is 8.33. The molecule has 5 nitrogen and oxygen atoms in total. The summed E-state index contributed by atoms with van der Waals surface area (Å²) in [7, 11) is -3.78. The smallest absolute Gasteiger partial charge is 0.264 e. The third kappa shape index (κ3) is 3.77. The minimum absolute atomic E-state index is 0.0808. The van der Waals surface area contributed by atoms with Gasteiger partial charge in [-0.1, -0.05) is 0 Å². The van der Waals surface area contributed by atoms with Crippen molar-refractivity contribution in [1.29, 1.82) is 0 Å². The molecule has 1 aromatic carbocycles. The Morgan fingerprint density at radius 3 is 2.24 bits per heavy atom. The number of nitrogens with one attached hydrogen (secondary N) is 1. The summed E-state index contributed by atoms with van der Waals surface area (Å²) in [5.74, 6) is 0. The van der Waals surface area contributed by atoms with Gasteiger partial charge < -0.3 is 5.73 Å². The van der Waals surface area contributed by atoms with Crippen molar-refractivity contribution in [3.63, 3.8) is 0 Å². The summed E-state index contributed by atoms with van der Waals surface area (Å²) in [6.07, 6.45) is 1.44. The first-order chi connectivity index (χ1) is 9.70. The van der Waals surface area contributed by atoms with E-state index in [1.165, 1.54) is 18.3 Å². The van der Waals surface area contributed by atoms with Crippen LogP contribution in [0.5, 0.6) is 0 Å². The maximum absolute atomic E-state index is 12.5. The molecule has 0 saturated carbocycles. The Morgan fingerprint density at radius 1 is 1.14 bits per heavy atom. The fourth-order valence-corrected chi connectivity index (χ4v) is 5.53. The van der Waals surface area contributed by atoms with Gasteiger partial charge in [-0.3, -0.25) is 4.72 Å². The number of anilines is 2. The molecule has 0 amide bonds. The monoisotopic (exact) mass is 497 g/mol. The summed E-state index contributed by atoms with van der Waals surface area (Å²) in [5.41, 5.74) is 7.33. The number of pyridine rings is 1. The minimum atomic E-state index is -3.78. The van der Waals surface area contributed by atoms with Crippen molar-refractivity contribution in [2.75, 3.05) is 10.5 Å². The molecule has 0 unspecified atom stereocenters. The first-order valence-corrected chi connectivity index (χ1v) is 9.46. The lowest BCUT2D eigenvalue weighted by Gasteiger charge is -2.12.